The average Bonchev–Trinajstić information content (AvgIpc) is 3.26. The molecule has 2 N–H and O–H groups in total. The van der Waals surface area contributed by atoms with Crippen molar-refractivity contribution in [1.29, 1.82) is 0 Å². The third-order valence-corrected chi connectivity index (χ3v) is 15.1. The molecule has 6 heteroatoms. The molecular weight excluding hydrogens is 555 g/mol. The van der Waals surface area contributed by atoms with E-state index in [0.29, 0.717) is 31.1 Å². The van der Waals surface area contributed by atoms with Crippen LogP contribution in [0.2, 0.25) is 0 Å². The predicted octanol–water partition coefficient (Wildman–Crippen LogP) is 8.74. The van der Waals surface area contributed by atoms with E-state index in [9.17, 15) is 29.0 Å². The number of alkyl halides is 1. The van der Waals surface area contributed by atoms with Crippen molar-refractivity contribution in [2.45, 2.75) is 119 Å². The van der Waals surface area contributed by atoms with Crippen molar-refractivity contribution in [2.75, 3.05) is 6.67 Å². The molecule has 0 amide bonds. The Labute approximate surface area is 262 Å². The fourth-order valence-electron chi connectivity index (χ4n) is 12.5. The molecule has 0 aliphatic heterocycles. The van der Waals surface area contributed by atoms with Crippen LogP contribution in [0.25, 0.3) is 0 Å². The van der Waals surface area contributed by atoms with Gasteiger partial charge in [0.15, 0.2) is 5.78 Å². The van der Waals surface area contributed by atoms with Crippen LogP contribution in [-0.2, 0) is 14.4 Å². The van der Waals surface area contributed by atoms with Crippen LogP contribution in [-0.4, -0.2) is 34.6 Å². The number of carboxylic acids is 2. The van der Waals surface area contributed by atoms with E-state index < -0.39 is 29.4 Å². The minimum atomic E-state index is -1.29. The maximum absolute atomic E-state index is 13.9. The highest BCUT2D eigenvalue weighted by molar-refractivity contribution is 6.05. The molecule has 0 heterocycles. The van der Waals surface area contributed by atoms with Gasteiger partial charge in [-0.1, -0.05) is 60.6 Å². The Morgan fingerprint density at radius 1 is 0.886 bits per heavy atom. The van der Waals surface area contributed by atoms with Crippen molar-refractivity contribution >= 4 is 17.7 Å². The maximum Gasteiger partial charge on any atom is 0.314 e. The molecule has 6 aliphatic rings. The van der Waals surface area contributed by atoms with E-state index in [1.54, 1.807) is 0 Å². The van der Waals surface area contributed by atoms with Crippen LogP contribution in [0.15, 0.2) is 34.4 Å². The lowest BCUT2D eigenvalue weighted by Crippen LogP contribution is -2.64. The van der Waals surface area contributed by atoms with E-state index in [-0.39, 0.29) is 52.1 Å². The zero-order chi connectivity index (χ0) is 32.3. The lowest BCUT2D eigenvalue weighted by Gasteiger charge is -2.71. The van der Waals surface area contributed by atoms with Crippen LogP contribution in [0.5, 0.6) is 0 Å². The van der Waals surface area contributed by atoms with E-state index in [0.717, 1.165) is 49.7 Å². The number of carbonyl (C=O) groups is 3. The summed E-state index contributed by atoms with van der Waals surface area (Å²) in [6.07, 6.45) is 12.3. The molecule has 8 atom stereocenters. The van der Waals surface area contributed by atoms with E-state index in [2.05, 4.69) is 54.5 Å². The molecule has 5 nitrogen and oxygen atoms in total. The van der Waals surface area contributed by atoms with Gasteiger partial charge in [0.2, 0.25) is 0 Å². The molecule has 0 aromatic rings. The van der Waals surface area contributed by atoms with Gasteiger partial charge >= 0.3 is 11.9 Å². The van der Waals surface area contributed by atoms with Gasteiger partial charge in [-0.05, 0) is 132 Å². The molecule has 3 fully saturated rings. The number of carboxylic acid groups (broad SMARTS) is 2. The van der Waals surface area contributed by atoms with Gasteiger partial charge in [0.05, 0.1) is 10.8 Å². The fraction of sp³-hybridized carbons (Fsp3) is 0.763. The summed E-state index contributed by atoms with van der Waals surface area (Å²) in [4.78, 5) is 38.2. The first-order valence-electron chi connectivity index (χ1n) is 17.2. The SMILES string of the molecule is CC(C)C1=C2[C@H]3CC[C@@H]4[C@@]5(C)CC=C(C6=CC[C@](CF)(C(=O)O)CC6)C(C)(C)[C@@H]5CC[C@@]4(C)[C@]3(C)CC[C@@]2(C(=O)O)CC1=O. The third-order valence-electron chi connectivity index (χ3n) is 15.1. The van der Waals surface area contributed by atoms with E-state index >= 15 is 0 Å². The number of ketones is 1. The van der Waals surface area contributed by atoms with Gasteiger partial charge in [-0.2, -0.15) is 0 Å². The van der Waals surface area contributed by atoms with Gasteiger partial charge in [-0.25, -0.2) is 4.39 Å². The van der Waals surface area contributed by atoms with Crippen molar-refractivity contribution in [3.8, 4) is 0 Å². The summed E-state index contributed by atoms with van der Waals surface area (Å²) in [6, 6.07) is 0. The lowest BCUT2D eigenvalue weighted by molar-refractivity contribution is -0.201. The molecule has 242 valence electrons. The van der Waals surface area contributed by atoms with Crippen LogP contribution < -0.4 is 0 Å². The molecule has 0 aromatic heterocycles. The number of carbonyl (C=O) groups excluding carboxylic acids is 1. The van der Waals surface area contributed by atoms with Crippen LogP contribution >= 0.6 is 0 Å². The molecule has 0 aromatic carbocycles. The first-order chi connectivity index (χ1) is 20.4. The van der Waals surface area contributed by atoms with Gasteiger partial charge in [0, 0.05) is 6.42 Å². The summed E-state index contributed by atoms with van der Waals surface area (Å²) >= 11 is 0. The third kappa shape index (κ3) is 3.84. The topological polar surface area (TPSA) is 91.7 Å². The Morgan fingerprint density at radius 3 is 2.16 bits per heavy atom. The van der Waals surface area contributed by atoms with E-state index in [4.69, 9.17) is 0 Å². The monoisotopic (exact) mass is 608 g/mol. The Bertz CT molecular complexity index is 1400. The zero-order valence-electron chi connectivity index (χ0n) is 27.9. The van der Waals surface area contributed by atoms with Gasteiger partial charge in [0.25, 0.3) is 0 Å². The zero-order valence-corrected chi connectivity index (χ0v) is 27.9. The number of allylic oxidation sites excluding steroid dienone is 5. The second-order valence-corrected chi connectivity index (χ2v) is 17.3. The Morgan fingerprint density at radius 2 is 1.59 bits per heavy atom. The molecule has 0 saturated heterocycles. The number of aliphatic carboxylic acids is 2. The van der Waals surface area contributed by atoms with E-state index in [1.807, 2.05) is 6.08 Å². The largest absolute Gasteiger partial charge is 0.481 e. The molecule has 44 heavy (non-hydrogen) atoms. The van der Waals surface area contributed by atoms with Crippen LogP contribution in [0, 0.1) is 56.2 Å². The van der Waals surface area contributed by atoms with Crippen molar-refractivity contribution in [1.82, 2.24) is 0 Å². The van der Waals surface area contributed by atoms with Gasteiger partial charge < -0.3 is 10.2 Å². The Hall–Kier alpha value is -2.24. The maximum atomic E-state index is 13.9. The number of hydrogen-bond acceptors (Lipinski definition) is 3. The summed E-state index contributed by atoms with van der Waals surface area (Å²) in [5, 5.41) is 20.3. The van der Waals surface area contributed by atoms with Crippen LogP contribution in [0.4, 0.5) is 4.39 Å². The van der Waals surface area contributed by atoms with Gasteiger partial charge in [0.1, 0.15) is 6.67 Å². The van der Waals surface area contributed by atoms with Gasteiger partial charge in [-0.15, -0.1) is 0 Å². The van der Waals surface area contributed by atoms with Crippen molar-refractivity contribution < 1.29 is 29.0 Å². The average molecular weight is 609 g/mol. The van der Waals surface area contributed by atoms with Crippen LogP contribution in [0.3, 0.4) is 0 Å². The number of rotatable bonds is 5. The highest BCUT2D eigenvalue weighted by Crippen LogP contribution is 2.76. The smallest absolute Gasteiger partial charge is 0.314 e. The summed E-state index contributed by atoms with van der Waals surface area (Å²) < 4.78 is 13.9. The molecule has 0 unspecified atom stereocenters. The van der Waals surface area contributed by atoms with Crippen molar-refractivity contribution in [2.24, 2.45) is 56.2 Å². The Kier molecular flexibility index (Phi) is 7.12. The van der Waals surface area contributed by atoms with Crippen LogP contribution in [0.1, 0.15) is 119 Å². The summed E-state index contributed by atoms with van der Waals surface area (Å²) in [5.74, 6) is -0.688. The highest BCUT2D eigenvalue weighted by atomic mass is 19.1. The first-order valence-corrected chi connectivity index (χ1v) is 17.2. The minimum Gasteiger partial charge on any atom is -0.481 e. The second kappa shape index (κ2) is 9.88. The molecule has 0 radical (unpaired) electrons. The van der Waals surface area contributed by atoms with Crippen molar-refractivity contribution in [3.63, 3.8) is 0 Å². The lowest BCUT2D eigenvalue weighted by atomic mass is 9.33. The standard InChI is InChI=1S/C38H53FO5/c1-22(2)29-26(40)20-38(32(43)44)19-18-35(6)25(30(29)38)8-9-28-34(5)14-12-24(33(3,4)27(34)13-15-36(28,35)7)23-10-16-37(21-39,17-11-23)31(41)42/h10,12,22,25,27-28H,8-9,11,13-21H2,1-7H3,(H,41,42)(H,43,44)/t25-,27+,28-,34+,35-,36-,37+,38-/m1/s1. The van der Waals surface area contributed by atoms with E-state index in [1.165, 1.54) is 11.1 Å². The summed E-state index contributed by atoms with van der Waals surface area (Å²) in [6.45, 7) is 15.5. The van der Waals surface area contributed by atoms with Gasteiger partial charge in [-0.3, -0.25) is 14.4 Å². The normalized spacial score (nSPS) is 44.7. The molecule has 6 rings (SSSR count). The number of hydrogen-bond donors (Lipinski definition) is 2. The fourth-order valence-corrected chi connectivity index (χ4v) is 12.5. The first kappa shape index (κ1) is 31.7. The molecule has 0 bridgehead atoms. The summed E-state index contributed by atoms with van der Waals surface area (Å²) in [5.41, 5.74) is 1.99. The quantitative estimate of drug-likeness (QED) is 0.326. The molecule has 0 spiro atoms. The molecular formula is C38H53FO5. The highest BCUT2D eigenvalue weighted by Gasteiger charge is 2.70. The Balaban J connectivity index is 1.37. The second-order valence-electron chi connectivity index (χ2n) is 17.3. The number of Topliss-reactive ketones (excluding diaryl/α,β-unsaturated/α-hetero) is 1. The molecule has 3 saturated carbocycles. The summed E-state index contributed by atoms with van der Waals surface area (Å²) in [7, 11) is 0. The number of halogens is 1. The predicted molar refractivity (Wildman–Crippen MR) is 169 cm³/mol. The van der Waals surface area contributed by atoms with Crippen molar-refractivity contribution in [3.05, 3.63) is 34.4 Å². The molecule has 6 aliphatic carbocycles. The minimum absolute atomic E-state index is 0.0281. The number of fused-ring (bicyclic) bond motifs is 7.